The van der Waals surface area contributed by atoms with Gasteiger partial charge in [0.15, 0.2) is 5.79 Å². The van der Waals surface area contributed by atoms with Crippen LogP contribution in [0.25, 0.3) is 10.8 Å². The molecule has 0 unspecified atom stereocenters. The van der Waals surface area contributed by atoms with E-state index in [1.54, 1.807) is 14.2 Å². The van der Waals surface area contributed by atoms with E-state index in [0.717, 1.165) is 39.0 Å². The third-order valence-corrected chi connectivity index (χ3v) is 7.28. The van der Waals surface area contributed by atoms with Crippen molar-refractivity contribution < 1.29 is 33.9 Å². The fourth-order valence-electron chi connectivity index (χ4n) is 5.02. The van der Waals surface area contributed by atoms with Gasteiger partial charge in [-0.1, -0.05) is 66.7 Å². The third-order valence-electron chi connectivity index (χ3n) is 7.28. The zero-order valence-electron chi connectivity index (χ0n) is 22.2. The van der Waals surface area contributed by atoms with E-state index in [1.807, 2.05) is 91.0 Å². The standard InChI is InChI=1S/C32H34O7/c1-35-25-14-10-22(11-15-25)18-37-20-29-31(30(33)28-9-5-7-24-6-3-4-8-27(24)28)38-21-32(29,34)39-19-23-12-16-26(36-2)17-13-23/h3-17,29-31,33-34H,18-21H2,1-2H3/t29-,30+,31-,32+/m0/s1. The Bertz CT molecular complexity index is 1350. The van der Waals surface area contributed by atoms with Crippen LogP contribution in [-0.2, 0) is 27.4 Å². The highest BCUT2D eigenvalue weighted by atomic mass is 16.7. The Kier molecular flexibility index (Phi) is 8.45. The molecule has 1 saturated heterocycles. The number of hydrogen-bond donors (Lipinski definition) is 2. The molecule has 5 rings (SSSR count). The number of aliphatic hydroxyl groups excluding tert-OH is 1. The molecule has 39 heavy (non-hydrogen) atoms. The predicted molar refractivity (Wildman–Crippen MR) is 148 cm³/mol. The average molecular weight is 531 g/mol. The lowest BCUT2D eigenvalue weighted by Gasteiger charge is -2.32. The van der Waals surface area contributed by atoms with Crippen molar-refractivity contribution >= 4 is 10.8 Å². The molecule has 1 aliphatic heterocycles. The van der Waals surface area contributed by atoms with Gasteiger partial charge in [-0.05, 0) is 51.7 Å². The minimum absolute atomic E-state index is 0.0911. The molecular weight excluding hydrogens is 496 g/mol. The first kappa shape index (κ1) is 27.1. The van der Waals surface area contributed by atoms with Crippen molar-refractivity contribution in [3.8, 4) is 11.5 Å². The maximum atomic E-state index is 11.7. The van der Waals surface area contributed by atoms with Crippen LogP contribution in [0.2, 0.25) is 0 Å². The van der Waals surface area contributed by atoms with Crippen LogP contribution in [0.3, 0.4) is 0 Å². The summed E-state index contributed by atoms with van der Waals surface area (Å²) in [6, 6.07) is 28.8. The zero-order chi connectivity index (χ0) is 27.2. The molecule has 4 atom stereocenters. The maximum absolute atomic E-state index is 11.7. The molecule has 204 valence electrons. The lowest BCUT2D eigenvalue weighted by molar-refractivity contribution is -0.238. The maximum Gasteiger partial charge on any atom is 0.197 e. The minimum Gasteiger partial charge on any atom is -0.497 e. The van der Waals surface area contributed by atoms with Crippen LogP contribution in [0, 0.1) is 5.92 Å². The van der Waals surface area contributed by atoms with Gasteiger partial charge < -0.3 is 33.9 Å². The summed E-state index contributed by atoms with van der Waals surface area (Å²) in [4.78, 5) is 0. The van der Waals surface area contributed by atoms with Gasteiger partial charge in [-0.3, -0.25) is 0 Å². The third kappa shape index (κ3) is 6.08. The van der Waals surface area contributed by atoms with Crippen molar-refractivity contribution in [2.24, 2.45) is 5.92 Å². The quantitative estimate of drug-likeness (QED) is 0.263. The van der Waals surface area contributed by atoms with E-state index in [-0.39, 0.29) is 19.8 Å². The van der Waals surface area contributed by atoms with Crippen molar-refractivity contribution in [3.05, 3.63) is 108 Å². The van der Waals surface area contributed by atoms with Gasteiger partial charge in [0.1, 0.15) is 24.2 Å². The van der Waals surface area contributed by atoms with Crippen LogP contribution in [-0.4, -0.2) is 49.5 Å². The first-order valence-corrected chi connectivity index (χ1v) is 13.0. The van der Waals surface area contributed by atoms with Gasteiger partial charge >= 0.3 is 0 Å². The summed E-state index contributed by atoms with van der Waals surface area (Å²) < 4.78 is 28.7. The number of benzene rings is 4. The lowest BCUT2D eigenvalue weighted by Crippen LogP contribution is -2.45. The molecular formula is C32H34O7. The molecule has 0 aliphatic carbocycles. The number of fused-ring (bicyclic) bond motifs is 1. The van der Waals surface area contributed by atoms with Crippen LogP contribution in [0.4, 0.5) is 0 Å². The average Bonchev–Trinajstić information content (AvgIpc) is 3.32. The van der Waals surface area contributed by atoms with E-state index in [4.69, 9.17) is 23.7 Å². The fourth-order valence-corrected chi connectivity index (χ4v) is 5.02. The summed E-state index contributed by atoms with van der Waals surface area (Å²) >= 11 is 0. The number of hydrogen-bond acceptors (Lipinski definition) is 7. The molecule has 0 amide bonds. The van der Waals surface area contributed by atoms with Crippen molar-refractivity contribution in [1.82, 2.24) is 0 Å². The van der Waals surface area contributed by atoms with Crippen molar-refractivity contribution in [1.29, 1.82) is 0 Å². The Morgan fingerprint density at radius 1 is 0.821 bits per heavy atom. The fraction of sp³-hybridized carbons (Fsp3) is 0.312. The minimum atomic E-state index is -1.66. The highest BCUT2D eigenvalue weighted by molar-refractivity contribution is 5.86. The number of methoxy groups -OCH3 is 2. The number of aliphatic hydroxyl groups is 2. The number of ether oxygens (including phenoxy) is 5. The highest BCUT2D eigenvalue weighted by Crippen LogP contribution is 2.41. The van der Waals surface area contributed by atoms with E-state index in [9.17, 15) is 10.2 Å². The molecule has 0 spiro atoms. The largest absolute Gasteiger partial charge is 0.497 e. The highest BCUT2D eigenvalue weighted by Gasteiger charge is 2.52. The second kappa shape index (κ2) is 12.2. The Hall–Kier alpha value is -3.46. The van der Waals surface area contributed by atoms with Crippen molar-refractivity contribution in [2.45, 2.75) is 31.2 Å². The van der Waals surface area contributed by atoms with E-state index in [1.165, 1.54) is 0 Å². The van der Waals surface area contributed by atoms with E-state index in [0.29, 0.717) is 6.61 Å². The molecule has 0 bridgehead atoms. The van der Waals surface area contributed by atoms with E-state index < -0.39 is 23.9 Å². The molecule has 4 aromatic carbocycles. The topological polar surface area (TPSA) is 86.6 Å². The normalized spacial score (nSPS) is 21.6. The first-order valence-electron chi connectivity index (χ1n) is 13.0. The Labute approximate surface area is 228 Å². The van der Waals surface area contributed by atoms with Crippen LogP contribution in [0.15, 0.2) is 91.0 Å². The van der Waals surface area contributed by atoms with Gasteiger partial charge in [-0.2, -0.15) is 0 Å². The van der Waals surface area contributed by atoms with Crippen LogP contribution >= 0.6 is 0 Å². The summed E-state index contributed by atoms with van der Waals surface area (Å²) in [6.07, 6.45) is -1.74. The van der Waals surface area contributed by atoms with Crippen molar-refractivity contribution in [3.63, 3.8) is 0 Å². The molecule has 1 fully saturated rings. The predicted octanol–water partition coefficient (Wildman–Crippen LogP) is 5.03. The summed E-state index contributed by atoms with van der Waals surface area (Å²) in [5.74, 6) is -0.800. The number of rotatable bonds is 11. The van der Waals surface area contributed by atoms with Crippen LogP contribution in [0.1, 0.15) is 22.8 Å². The molecule has 7 heteroatoms. The zero-order valence-corrected chi connectivity index (χ0v) is 22.2. The second-order valence-corrected chi connectivity index (χ2v) is 9.74. The Morgan fingerprint density at radius 2 is 1.44 bits per heavy atom. The summed E-state index contributed by atoms with van der Waals surface area (Å²) in [6.45, 7) is 0.520. The molecule has 0 aromatic heterocycles. The van der Waals surface area contributed by atoms with Gasteiger partial charge in [0.25, 0.3) is 0 Å². The molecule has 0 radical (unpaired) electrons. The molecule has 1 heterocycles. The summed E-state index contributed by atoms with van der Waals surface area (Å²) in [5.41, 5.74) is 2.57. The first-order chi connectivity index (χ1) is 19.0. The molecule has 2 N–H and O–H groups in total. The Balaban J connectivity index is 1.36. The van der Waals surface area contributed by atoms with Gasteiger partial charge in [0.05, 0.1) is 46.1 Å². The van der Waals surface area contributed by atoms with E-state index >= 15 is 0 Å². The van der Waals surface area contributed by atoms with Gasteiger partial charge in [0.2, 0.25) is 0 Å². The summed E-state index contributed by atoms with van der Waals surface area (Å²) in [5, 5.41) is 25.2. The molecule has 4 aromatic rings. The van der Waals surface area contributed by atoms with E-state index in [2.05, 4.69) is 0 Å². The smallest absolute Gasteiger partial charge is 0.197 e. The van der Waals surface area contributed by atoms with Gasteiger partial charge in [0, 0.05) is 0 Å². The molecule has 1 aliphatic rings. The van der Waals surface area contributed by atoms with Gasteiger partial charge in [-0.15, -0.1) is 0 Å². The lowest BCUT2D eigenvalue weighted by atomic mass is 9.88. The molecule has 0 saturated carbocycles. The SMILES string of the molecule is COc1ccc(COC[C@H]2[C@@H]([C@H](O)c3cccc4ccccc34)OC[C@@]2(O)OCc2ccc(OC)cc2)cc1. The monoisotopic (exact) mass is 530 g/mol. The van der Waals surface area contributed by atoms with Gasteiger partial charge in [-0.25, -0.2) is 0 Å². The van der Waals surface area contributed by atoms with Crippen LogP contribution < -0.4 is 9.47 Å². The van der Waals surface area contributed by atoms with Crippen LogP contribution in [0.5, 0.6) is 11.5 Å². The molecule has 7 nitrogen and oxygen atoms in total. The van der Waals surface area contributed by atoms with Crippen molar-refractivity contribution in [2.75, 3.05) is 27.4 Å². The summed E-state index contributed by atoms with van der Waals surface area (Å²) in [7, 11) is 3.24. The second-order valence-electron chi connectivity index (χ2n) is 9.74. The Morgan fingerprint density at radius 3 is 2.10 bits per heavy atom.